The summed E-state index contributed by atoms with van der Waals surface area (Å²) in [5.74, 6) is 1.93. The Bertz CT molecular complexity index is 943. The number of nitrogens with one attached hydrogen (secondary N) is 1. The summed E-state index contributed by atoms with van der Waals surface area (Å²) < 4.78 is 19.4. The largest absolute Gasteiger partial charge is 0.495 e. The molecule has 1 aromatic heterocycles. The Kier molecular flexibility index (Phi) is 5.23. The van der Waals surface area contributed by atoms with E-state index >= 15 is 0 Å². The molecule has 1 aliphatic heterocycles. The van der Waals surface area contributed by atoms with Crippen LogP contribution in [0.25, 0.3) is 0 Å². The third-order valence-corrected chi connectivity index (χ3v) is 4.77. The lowest BCUT2D eigenvalue weighted by Gasteiger charge is -2.36. The van der Waals surface area contributed by atoms with Crippen LogP contribution in [-0.2, 0) is 0 Å². The lowest BCUT2D eigenvalue weighted by atomic mass is 10.2. The zero-order chi connectivity index (χ0) is 19.3. The average Bonchev–Trinajstić information content (AvgIpc) is 2.75. The fourth-order valence-electron chi connectivity index (χ4n) is 3.31. The van der Waals surface area contributed by atoms with Gasteiger partial charge in [0.2, 0.25) is 5.95 Å². The van der Waals surface area contributed by atoms with Gasteiger partial charge in [-0.1, -0.05) is 24.3 Å². The predicted octanol–water partition coefficient (Wildman–Crippen LogP) is 3.69. The van der Waals surface area contributed by atoms with Crippen LogP contribution < -0.4 is 19.9 Å². The highest BCUT2D eigenvalue weighted by atomic mass is 19.1. The molecule has 0 aliphatic carbocycles. The first kappa shape index (κ1) is 18.0. The van der Waals surface area contributed by atoms with Crippen LogP contribution in [0.5, 0.6) is 5.75 Å². The standard InChI is InChI=1S/C21H22FN5O/c1-28-19-9-5-3-7-17(19)24-20-10-11-23-21(25-20)27-14-12-26(13-15-27)18-8-4-2-6-16(18)22/h2-11H,12-15H2,1H3,(H,23,24,25). The number of piperazine rings is 1. The fraction of sp³-hybridized carbons (Fsp3) is 0.238. The minimum atomic E-state index is -0.185. The van der Waals surface area contributed by atoms with E-state index in [2.05, 4.69) is 25.1 Å². The first-order valence-corrected chi connectivity index (χ1v) is 9.22. The van der Waals surface area contributed by atoms with E-state index in [1.54, 1.807) is 19.4 Å². The Hall–Kier alpha value is -3.35. The number of aromatic nitrogens is 2. The lowest BCUT2D eigenvalue weighted by molar-refractivity contribution is 0.417. The number of hydrogen-bond acceptors (Lipinski definition) is 6. The van der Waals surface area contributed by atoms with Crippen molar-refractivity contribution in [3.05, 3.63) is 66.6 Å². The van der Waals surface area contributed by atoms with E-state index < -0.39 is 0 Å². The number of nitrogens with zero attached hydrogens (tertiary/aromatic N) is 4. The molecule has 28 heavy (non-hydrogen) atoms. The van der Waals surface area contributed by atoms with Crippen LogP contribution in [0.1, 0.15) is 0 Å². The highest BCUT2D eigenvalue weighted by molar-refractivity contribution is 5.64. The van der Waals surface area contributed by atoms with Gasteiger partial charge < -0.3 is 19.9 Å². The van der Waals surface area contributed by atoms with E-state index in [1.807, 2.05) is 42.5 Å². The molecular weight excluding hydrogens is 357 g/mol. The van der Waals surface area contributed by atoms with Gasteiger partial charge in [0, 0.05) is 32.4 Å². The van der Waals surface area contributed by atoms with Crippen molar-refractivity contribution in [1.29, 1.82) is 0 Å². The molecule has 1 saturated heterocycles. The second-order valence-corrected chi connectivity index (χ2v) is 6.49. The van der Waals surface area contributed by atoms with Gasteiger partial charge in [-0.15, -0.1) is 0 Å². The molecule has 1 fully saturated rings. The second kappa shape index (κ2) is 8.12. The monoisotopic (exact) mass is 379 g/mol. The van der Waals surface area contributed by atoms with Crippen molar-refractivity contribution in [2.24, 2.45) is 0 Å². The SMILES string of the molecule is COc1ccccc1Nc1ccnc(N2CCN(c3ccccc3F)CC2)n1. The number of benzene rings is 2. The molecule has 3 aromatic rings. The molecule has 1 aliphatic rings. The quantitative estimate of drug-likeness (QED) is 0.730. The normalized spacial score (nSPS) is 14.1. The maximum atomic E-state index is 14.0. The third kappa shape index (κ3) is 3.83. The first-order valence-electron chi connectivity index (χ1n) is 9.22. The van der Waals surface area contributed by atoms with Gasteiger partial charge in [-0.05, 0) is 30.3 Å². The van der Waals surface area contributed by atoms with Gasteiger partial charge in [-0.3, -0.25) is 0 Å². The van der Waals surface area contributed by atoms with Crippen LogP contribution in [0.4, 0.5) is 27.5 Å². The zero-order valence-corrected chi connectivity index (χ0v) is 15.7. The first-order chi connectivity index (χ1) is 13.7. The highest BCUT2D eigenvalue weighted by Gasteiger charge is 2.21. The molecule has 0 radical (unpaired) electrons. The minimum absolute atomic E-state index is 0.185. The zero-order valence-electron chi connectivity index (χ0n) is 15.7. The number of para-hydroxylation sites is 3. The van der Waals surface area contributed by atoms with E-state index in [0.29, 0.717) is 30.5 Å². The van der Waals surface area contributed by atoms with Crippen molar-refractivity contribution < 1.29 is 9.13 Å². The summed E-state index contributed by atoms with van der Waals surface area (Å²) in [6.07, 6.45) is 1.74. The Labute approximate surface area is 163 Å². The molecule has 2 heterocycles. The Morgan fingerprint density at radius 3 is 2.43 bits per heavy atom. The van der Waals surface area contributed by atoms with Gasteiger partial charge in [0.05, 0.1) is 18.5 Å². The summed E-state index contributed by atoms with van der Waals surface area (Å²) in [6.45, 7) is 2.89. The lowest BCUT2D eigenvalue weighted by Crippen LogP contribution is -2.47. The van der Waals surface area contributed by atoms with Crippen LogP contribution in [0, 0.1) is 5.82 Å². The van der Waals surface area contributed by atoms with Crippen molar-refractivity contribution in [3.8, 4) is 5.75 Å². The molecule has 0 bridgehead atoms. The van der Waals surface area contributed by atoms with Gasteiger partial charge >= 0.3 is 0 Å². The van der Waals surface area contributed by atoms with E-state index in [4.69, 9.17) is 4.74 Å². The maximum Gasteiger partial charge on any atom is 0.227 e. The van der Waals surface area contributed by atoms with Gasteiger partial charge in [0.15, 0.2) is 0 Å². The number of rotatable bonds is 5. The van der Waals surface area contributed by atoms with Gasteiger partial charge in [0.25, 0.3) is 0 Å². The molecule has 2 aromatic carbocycles. The summed E-state index contributed by atoms with van der Waals surface area (Å²) in [7, 11) is 1.64. The molecule has 6 nitrogen and oxygen atoms in total. The van der Waals surface area contributed by atoms with Crippen LogP contribution in [0.2, 0.25) is 0 Å². The molecule has 0 amide bonds. The molecule has 0 spiro atoms. The summed E-state index contributed by atoms with van der Waals surface area (Å²) in [6, 6.07) is 16.4. The molecule has 0 atom stereocenters. The summed E-state index contributed by atoms with van der Waals surface area (Å²) in [5.41, 5.74) is 1.49. The van der Waals surface area contributed by atoms with Gasteiger partial charge in [-0.25, -0.2) is 9.37 Å². The van der Waals surface area contributed by atoms with Crippen LogP contribution in [0.3, 0.4) is 0 Å². The van der Waals surface area contributed by atoms with Crippen molar-refractivity contribution in [1.82, 2.24) is 9.97 Å². The number of anilines is 4. The number of methoxy groups -OCH3 is 1. The topological polar surface area (TPSA) is 53.5 Å². The molecule has 144 valence electrons. The summed E-state index contributed by atoms with van der Waals surface area (Å²) in [4.78, 5) is 13.2. The smallest absolute Gasteiger partial charge is 0.227 e. The van der Waals surface area contributed by atoms with E-state index in [1.165, 1.54) is 6.07 Å². The van der Waals surface area contributed by atoms with Crippen molar-refractivity contribution >= 4 is 23.1 Å². The molecule has 1 N–H and O–H groups in total. The van der Waals surface area contributed by atoms with Crippen LogP contribution in [-0.4, -0.2) is 43.3 Å². The Balaban J connectivity index is 1.45. The second-order valence-electron chi connectivity index (χ2n) is 6.49. The highest BCUT2D eigenvalue weighted by Crippen LogP contribution is 2.27. The van der Waals surface area contributed by atoms with E-state index in [0.717, 1.165) is 24.5 Å². The van der Waals surface area contributed by atoms with Crippen molar-refractivity contribution in [3.63, 3.8) is 0 Å². The average molecular weight is 379 g/mol. The fourth-order valence-corrected chi connectivity index (χ4v) is 3.31. The Morgan fingerprint density at radius 1 is 0.929 bits per heavy atom. The van der Waals surface area contributed by atoms with Crippen LogP contribution in [0.15, 0.2) is 60.8 Å². The van der Waals surface area contributed by atoms with Gasteiger partial charge in [0.1, 0.15) is 17.4 Å². The molecular formula is C21H22FN5O. The van der Waals surface area contributed by atoms with E-state index in [-0.39, 0.29) is 5.82 Å². The number of hydrogen-bond donors (Lipinski definition) is 1. The summed E-state index contributed by atoms with van der Waals surface area (Å²) in [5, 5.41) is 3.28. The summed E-state index contributed by atoms with van der Waals surface area (Å²) >= 11 is 0. The predicted molar refractivity (Wildman–Crippen MR) is 109 cm³/mol. The minimum Gasteiger partial charge on any atom is -0.495 e. The van der Waals surface area contributed by atoms with Gasteiger partial charge in [-0.2, -0.15) is 4.98 Å². The van der Waals surface area contributed by atoms with Crippen LogP contribution >= 0.6 is 0 Å². The Morgan fingerprint density at radius 2 is 1.64 bits per heavy atom. The number of ether oxygens (including phenoxy) is 1. The third-order valence-electron chi connectivity index (χ3n) is 4.77. The van der Waals surface area contributed by atoms with Crippen molar-refractivity contribution in [2.75, 3.05) is 48.4 Å². The molecule has 7 heteroatoms. The molecule has 0 unspecified atom stereocenters. The maximum absolute atomic E-state index is 14.0. The van der Waals surface area contributed by atoms with Crippen molar-refractivity contribution in [2.45, 2.75) is 0 Å². The molecule has 4 rings (SSSR count). The number of halogens is 1. The molecule has 0 saturated carbocycles. The van der Waals surface area contributed by atoms with E-state index in [9.17, 15) is 4.39 Å².